The molecule has 1 aliphatic heterocycles. The van der Waals surface area contributed by atoms with Crippen LogP contribution in [0.2, 0.25) is 0 Å². The molecule has 7 heteroatoms. The molecule has 1 aliphatic rings. The minimum atomic E-state index is 0.473. The maximum absolute atomic E-state index is 5.47. The Kier molecular flexibility index (Phi) is 5.20. The molecule has 0 radical (unpaired) electrons. The maximum Gasteiger partial charge on any atom is 0.228 e. The Morgan fingerprint density at radius 1 is 1.04 bits per heavy atom. The molecule has 0 unspecified atom stereocenters. The second-order valence-electron chi connectivity index (χ2n) is 6.43. The zero-order valence-electron chi connectivity index (χ0n) is 15.5. The zero-order chi connectivity index (χ0) is 18.6. The van der Waals surface area contributed by atoms with E-state index in [4.69, 9.17) is 14.5 Å². The van der Waals surface area contributed by atoms with Crippen LogP contribution in [0.15, 0.2) is 41.9 Å². The first-order valence-electron chi connectivity index (χ1n) is 8.99. The molecular formula is C20H22N4O2S. The van der Waals surface area contributed by atoms with Gasteiger partial charge in [0, 0.05) is 42.2 Å². The highest BCUT2D eigenvalue weighted by atomic mass is 32.1. The van der Waals surface area contributed by atoms with Crippen molar-refractivity contribution in [2.75, 3.05) is 32.2 Å². The Morgan fingerprint density at radius 2 is 1.85 bits per heavy atom. The summed E-state index contributed by atoms with van der Waals surface area (Å²) in [5.41, 5.74) is 2.04. The highest BCUT2D eigenvalue weighted by Crippen LogP contribution is 2.36. The van der Waals surface area contributed by atoms with Gasteiger partial charge in [-0.3, -0.25) is 0 Å². The third kappa shape index (κ3) is 3.73. The van der Waals surface area contributed by atoms with Crippen LogP contribution >= 0.6 is 11.3 Å². The topological polar surface area (TPSA) is 60.4 Å². The Hall–Kier alpha value is -2.67. The monoisotopic (exact) mass is 382 g/mol. The number of piperidine rings is 1. The van der Waals surface area contributed by atoms with E-state index in [1.807, 2.05) is 18.2 Å². The number of thiazole rings is 1. The molecule has 4 rings (SSSR count). The highest BCUT2D eigenvalue weighted by Gasteiger charge is 2.25. The Morgan fingerprint density at radius 3 is 2.63 bits per heavy atom. The minimum Gasteiger partial charge on any atom is -0.496 e. The molecular weight excluding hydrogens is 360 g/mol. The van der Waals surface area contributed by atoms with Gasteiger partial charge in [0.2, 0.25) is 11.8 Å². The summed E-state index contributed by atoms with van der Waals surface area (Å²) in [6.45, 7) is 1.84. The minimum absolute atomic E-state index is 0.473. The first-order chi connectivity index (χ1) is 13.3. The molecule has 0 amide bonds. The molecule has 0 bridgehead atoms. The first kappa shape index (κ1) is 17.7. The van der Waals surface area contributed by atoms with E-state index in [0.29, 0.717) is 11.8 Å². The first-order valence-corrected chi connectivity index (χ1v) is 9.87. The van der Waals surface area contributed by atoms with E-state index in [0.717, 1.165) is 48.9 Å². The average molecular weight is 382 g/mol. The molecule has 3 aromatic rings. The number of hydrogen-bond acceptors (Lipinski definition) is 7. The van der Waals surface area contributed by atoms with Crippen molar-refractivity contribution < 1.29 is 9.47 Å². The van der Waals surface area contributed by atoms with Crippen LogP contribution in [0.3, 0.4) is 0 Å². The van der Waals surface area contributed by atoms with Crippen LogP contribution < -0.4 is 14.4 Å². The van der Waals surface area contributed by atoms with Gasteiger partial charge in [-0.1, -0.05) is 12.1 Å². The summed E-state index contributed by atoms with van der Waals surface area (Å²) in [7, 11) is 3.32. The fourth-order valence-corrected chi connectivity index (χ4v) is 4.37. The van der Waals surface area contributed by atoms with Crippen LogP contribution in [-0.2, 0) is 0 Å². The Bertz CT molecular complexity index is 906. The fraction of sp³-hybridized carbons (Fsp3) is 0.350. The van der Waals surface area contributed by atoms with E-state index < -0.39 is 0 Å². The lowest BCUT2D eigenvalue weighted by atomic mass is 9.98. The SMILES string of the molecule is COc1ccnc(N2CCC(c3nc(-c4ccccc4OC)cs3)CC2)n1. The van der Waals surface area contributed by atoms with Crippen LogP contribution in [0.5, 0.6) is 11.6 Å². The number of anilines is 1. The lowest BCUT2D eigenvalue weighted by Gasteiger charge is -2.31. The van der Waals surface area contributed by atoms with E-state index in [1.54, 1.807) is 37.8 Å². The second-order valence-corrected chi connectivity index (χ2v) is 7.32. The van der Waals surface area contributed by atoms with Crippen molar-refractivity contribution in [3.63, 3.8) is 0 Å². The molecule has 0 N–H and O–H groups in total. The van der Waals surface area contributed by atoms with Crippen LogP contribution in [-0.4, -0.2) is 42.3 Å². The van der Waals surface area contributed by atoms with E-state index in [2.05, 4.69) is 26.3 Å². The summed E-state index contributed by atoms with van der Waals surface area (Å²) < 4.78 is 10.7. The van der Waals surface area contributed by atoms with Crippen molar-refractivity contribution in [1.82, 2.24) is 15.0 Å². The highest BCUT2D eigenvalue weighted by molar-refractivity contribution is 7.10. The number of hydrogen-bond donors (Lipinski definition) is 0. The third-order valence-corrected chi connectivity index (χ3v) is 5.87. The van der Waals surface area contributed by atoms with Gasteiger partial charge in [0.1, 0.15) is 5.75 Å². The summed E-state index contributed by atoms with van der Waals surface area (Å²) in [6, 6.07) is 9.79. The van der Waals surface area contributed by atoms with Gasteiger partial charge in [0.05, 0.1) is 24.9 Å². The molecule has 1 aromatic carbocycles. The number of aromatic nitrogens is 3. The van der Waals surface area contributed by atoms with Crippen molar-refractivity contribution in [3.8, 4) is 22.9 Å². The van der Waals surface area contributed by atoms with Crippen molar-refractivity contribution in [2.24, 2.45) is 0 Å². The van der Waals surface area contributed by atoms with Gasteiger partial charge in [-0.15, -0.1) is 11.3 Å². The largest absolute Gasteiger partial charge is 0.496 e. The van der Waals surface area contributed by atoms with Gasteiger partial charge in [-0.25, -0.2) is 9.97 Å². The second kappa shape index (κ2) is 7.92. The molecule has 0 aliphatic carbocycles. The molecule has 1 fully saturated rings. The number of para-hydroxylation sites is 1. The van der Waals surface area contributed by atoms with Gasteiger partial charge >= 0.3 is 0 Å². The van der Waals surface area contributed by atoms with Crippen LogP contribution in [0.1, 0.15) is 23.8 Å². The molecule has 3 heterocycles. The fourth-order valence-electron chi connectivity index (χ4n) is 3.38. The average Bonchev–Trinajstić information content (AvgIpc) is 3.24. The van der Waals surface area contributed by atoms with Crippen molar-refractivity contribution in [3.05, 3.63) is 46.9 Å². The molecule has 0 spiro atoms. The molecule has 140 valence electrons. The number of benzene rings is 1. The number of nitrogens with zero attached hydrogens (tertiary/aromatic N) is 4. The van der Waals surface area contributed by atoms with Crippen molar-refractivity contribution >= 4 is 17.3 Å². The Balaban J connectivity index is 1.45. The van der Waals surface area contributed by atoms with E-state index in [9.17, 15) is 0 Å². The van der Waals surface area contributed by atoms with Gasteiger partial charge < -0.3 is 14.4 Å². The predicted octanol–water partition coefficient (Wildman–Crippen LogP) is 4.00. The van der Waals surface area contributed by atoms with Crippen molar-refractivity contribution in [2.45, 2.75) is 18.8 Å². The van der Waals surface area contributed by atoms with Crippen molar-refractivity contribution in [1.29, 1.82) is 0 Å². The zero-order valence-corrected chi connectivity index (χ0v) is 16.3. The van der Waals surface area contributed by atoms with E-state index in [-0.39, 0.29) is 0 Å². The van der Waals surface area contributed by atoms with Crippen LogP contribution in [0.4, 0.5) is 5.95 Å². The molecule has 2 aromatic heterocycles. The quantitative estimate of drug-likeness (QED) is 0.665. The normalized spacial score (nSPS) is 15.0. The summed E-state index contributed by atoms with van der Waals surface area (Å²) in [4.78, 5) is 15.9. The van der Waals surface area contributed by atoms with E-state index in [1.165, 1.54) is 5.01 Å². The van der Waals surface area contributed by atoms with Gasteiger partial charge in [-0.2, -0.15) is 4.98 Å². The van der Waals surface area contributed by atoms with Gasteiger partial charge in [0.15, 0.2) is 0 Å². The van der Waals surface area contributed by atoms with Gasteiger partial charge in [0.25, 0.3) is 0 Å². The van der Waals surface area contributed by atoms with E-state index >= 15 is 0 Å². The molecule has 1 saturated heterocycles. The summed E-state index contributed by atoms with van der Waals surface area (Å²) in [6.07, 6.45) is 3.83. The lowest BCUT2D eigenvalue weighted by molar-refractivity contribution is 0.395. The Labute approximate surface area is 162 Å². The predicted molar refractivity (Wildman–Crippen MR) is 107 cm³/mol. The number of ether oxygens (including phenoxy) is 2. The number of rotatable bonds is 5. The maximum atomic E-state index is 5.47. The van der Waals surface area contributed by atoms with Crippen LogP contribution in [0, 0.1) is 0 Å². The molecule has 6 nitrogen and oxygen atoms in total. The molecule has 0 atom stereocenters. The lowest BCUT2D eigenvalue weighted by Crippen LogP contribution is -2.34. The third-order valence-electron chi connectivity index (χ3n) is 4.86. The number of methoxy groups -OCH3 is 2. The smallest absolute Gasteiger partial charge is 0.228 e. The molecule has 0 saturated carbocycles. The van der Waals surface area contributed by atoms with Crippen LogP contribution in [0.25, 0.3) is 11.3 Å². The van der Waals surface area contributed by atoms with Gasteiger partial charge in [-0.05, 0) is 25.0 Å². The molecule has 27 heavy (non-hydrogen) atoms. The summed E-state index contributed by atoms with van der Waals surface area (Å²) in [5, 5.41) is 3.33. The summed E-state index contributed by atoms with van der Waals surface area (Å²) >= 11 is 1.74. The standard InChI is InChI=1S/C20H22N4O2S/c1-25-17-6-4-3-5-15(17)16-13-27-19(22-16)14-8-11-24(12-9-14)20-21-10-7-18(23-20)26-2/h3-7,10,13-14H,8-9,11-12H2,1-2H3. The summed E-state index contributed by atoms with van der Waals surface area (Å²) in [5.74, 6) is 2.67.